The standard InChI is InChI=1S/C8H6F3NO/c9-8(10,11)7(12-13)6-4-2-1-3-5-6/h1-5,13H/b12-7+. The Morgan fingerprint density at radius 1 is 1.15 bits per heavy atom. The highest BCUT2D eigenvalue weighted by atomic mass is 19.4. The second-order valence-electron chi connectivity index (χ2n) is 2.31. The number of rotatable bonds is 1. The first-order valence-corrected chi connectivity index (χ1v) is 3.40. The van der Waals surface area contributed by atoms with Crippen LogP contribution in [-0.2, 0) is 0 Å². The summed E-state index contributed by atoms with van der Waals surface area (Å²) in [6.45, 7) is 0. The second-order valence-corrected chi connectivity index (χ2v) is 2.31. The van der Waals surface area contributed by atoms with Crippen LogP contribution in [0, 0.1) is 0 Å². The van der Waals surface area contributed by atoms with Gasteiger partial charge in [0.15, 0.2) is 5.71 Å². The summed E-state index contributed by atoms with van der Waals surface area (Å²) >= 11 is 0. The van der Waals surface area contributed by atoms with E-state index in [1.165, 1.54) is 24.3 Å². The molecule has 0 fully saturated rings. The average Bonchev–Trinajstić information content (AvgIpc) is 2.05. The van der Waals surface area contributed by atoms with E-state index in [0.717, 1.165) is 0 Å². The molecule has 0 aromatic heterocycles. The van der Waals surface area contributed by atoms with E-state index in [4.69, 9.17) is 5.21 Å². The highest BCUT2D eigenvalue weighted by Crippen LogP contribution is 2.21. The zero-order chi connectivity index (χ0) is 9.90. The molecule has 0 radical (unpaired) electrons. The first kappa shape index (κ1) is 9.57. The first-order valence-electron chi connectivity index (χ1n) is 3.40. The maximum atomic E-state index is 12.1. The van der Waals surface area contributed by atoms with Gasteiger partial charge in [-0.3, -0.25) is 0 Å². The van der Waals surface area contributed by atoms with Gasteiger partial charge < -0.3 is 5.21 Å². The molecule has 0 amide bonds. The largest absolute Gasteiger partial charge is 0.437 e. The summed E-state index contributed by atoms with van der Waals surface area (Å²) in [6.07, 6.45) is -4.63. The summed E-state index contributed by atoms with van der Waals surface area (Å²) in [5, 5.41) is 10.4. The number of nitrogens with zero attached hydrogens (tertiary/aromatic N) is 1. The van der Waals surface area contributed by atoms with Crippen LogP contribution in [0.2, 0.25) is 0 Å². The summed E-state index contributed by atoms with van der Waals surface area (Å²) in [6, 6.07) is 6.90. The third kappa shape index (κ3) is 2.21. The molecular weight excluding hydrogens is 183 g/mol. The van der Waals surface area contributed by atoms with Crippen molar-refractivity contribution >= 4 is 5.71 Å². The maximum Gasteiger partial charge on any atom is 0.437 e. The smallest absolute Gasteiger partial charge is 0.410 e. The van der Waals surface area contributed by atoms with E-state index in [9.17, 15) is 13.2 Å². The fourth-order valence-electron chi connectivity index (χ4n) is 0.874. The lowest BCUT2D eigenvalue weighted by Gasteiger charge is -2.07. The number of alkyl halides is 3. The van der Waals surface area contributed by atoms with E-state index >= 15 is 0 Å². The van der Waals surface area contributed by atoms with Gasteiger partial charge in [0.25, 0.3) is 0 Å². The molecule has 0 saturated heterocycles. The molecule has 2 nitrogen and oxygen atoms in total. The maximum absolute atomic E-state index is 12.1. The van der Waals surface area contributed by atoms with Crippen molar-refractivity contribution in [2.75, 3.05) is 0 Å². The van der Waals surface area contributed by atoms with E-state index in [-0.39, 0.29) is 5.56 Å². The molecular formula is C8H6F3NO. The molecule has 1 aromatic rings. The normalized spacial score (nSPS) is 13.0. The van der Waals surface area contributed by atoms with Gasteiger partial charge in [-0.1, -0.05) is 35.5 Å². The molecule has 70 valence electrons. The molecule has 1 rings (SSSR count). The Morgan fingerprint density at radius 2 is 1.69 bits per heavy atom. The van der Waals surface area contributed by atoms with E-state index in [1.807, 2.05) is 0 Å². The van der Waals surface area contributed by atoms with Gasteiger partial charge in [-0.25, -0.2) is 0 Å². The van der Waals surface area contributed by atoms with Crippen molar-refractivity contribution < 1.29 is 18.4 Å². The lowest BCUT2D eigenvalue weighted by Crippen LogP contribution is -2.23. The molecule has 0 aliphatic rings. The minimum absolute atomic E-state index is 0.155. The lowest BCUT2D eigenvalue weighted by atomic mass is 10.1. The minimum atomic E-state index is -4.63. The molecule has 5 heteroatoms. The monoisotopic (exact) mass is 189 g/mol. The molecule has 0 saturated carbocycles. The third-order valence-electron chi connectivity index (χ3n) is 1.42. The Hall–Kier alpha value is -1.52. The fourth-order valence-corrected chi connectivity index (χ4v) is 0.874. The Morgan fingerprint density at radius 3 is 2.08 bits per heavy atom. The van der Waals surface area contributed by atoms with Crippen molar-refractivity contribution in [1.29, 1.82) is 0 Å². The number of halogens is 3. The Balaban J connectivity index is 3.08. The molecule has 1 aromatic carbocycles. The topological polar surface area (TPSA) is 32.6 Å². The number of hydrogen-bond acceptors (Lipinski definition) is 2. The van der Waals surface area contributed by atoms with Crippen molar-refractivity contribution in [3.8, 4) is 0 Å². The van der Waals surface area contributed by atoms with Crippen LogP contribution in [0.1, 0.15) is 5.56 Å². The van der Waals surface area contributed by atoms with Gasteiger partial charge in [0, 0.05) is 5.56 Å². The Labute approximate surface area is 72.3 Å². The van der Waals surface area contributed by atoms with Crippen LogP contribution >= 0.6 is 0 Å². The summed E-state index contributed by atoms with van der Waals surface area (Å²) in [4.78, 5) is 0. The first-order chi connectivity index (χ1) is 6.05. The van der Waals surface area contributed by atoms with Crippen molar-refractivity contribution in [2.45, 2.75) is 6.18 Å². The fraction of sp³-hybridized carbons (Fsp3) is 0.125. The summed E-state index contributed by atoms with van der Waals surface area (Å²) < 4.78 is 36.3. The third-order valence-corrected chi connectivity index (χ3v) is 1.42. The number of oxime groups is 1. The van der Waals surface area contributed by atoms with E-state index in [2.05, 4.69) is 5.16 Å². The summed E-state index contributed by atoms with van der Waals surface area (Å²) in [5.41, 5.74) is -1.44. The van der Waals surface area contributed by atoms with Crippen molar-refractivity contribution in [3.63, 3.8) is 0 Å². The van der Waals surface area contributed by atoms with E-state index < -0.39 is 11.9 Å². The summed E-state index contributed by atoms with van der Waals surface area (Å²) in [5.74, 6) is 0. The average molecular weight is 189 g/mol. The van der Waals surface area contributed by atoms with Crippen LogP contribution in [0.25, 0.3) is 0 Å². The summed E-state index contributed by atoms with van der Waals surface area (Å²) in [7, 11) is 0. The van der Waals surface area contributed by atoms with Gasteiger partial charge in [0.05, 0.1) is 0 Å². The van der Waals surface area contributed by atoms with Crippen molar-refractivity contribution in [2.24, 2.45) is 5.16 Å². The molecule has 0 heterocycles. The SMILES string of the molecule is O/N=C(\c1ccccc1)C(F)(F)F. The van der Waals surface area contributed by atoms with Crippen LogP contribution in [-0.4, -0.2) is 17.1 Å². The molecule has 0 atom stereocenters. The van der Waals surface area contributed by atoms with E-state index in [0.29, 0.717) is 0 Å². The molecule has 0 spiro atoms. The van der Waals surface area contributed by atoms with Crippen LogP contribution in [0.5, 0.6) is 0 Å². The molecule has 1 N–H and O–H groups in total. The quantitative estimate of drug-likeness (QED) is 0.410. The van der Waals surface area contributed by atoms with Gasteiger partial charge in [0.1, 0.15) is 0 Å². The zero-order valence-electron chi connectivity index (χ0n) is 6.42. The zero-order valence-corrected chi connectivity index (χ0v) is 6.42. The van der Waals surface area contributed by atoms with Gasteiger partial charge >= 0.3 is 6.18 Å². The van der Waals surface area contributed by atoms with Gasteiger partial charge in [-0.2, -0.15) is 13.2 Å². The number of benzene rings is 1. The molecule has 13 heavy (non-hydrogen) atoms. The van der Waals surface area contributed by atoms with Crippen LogP contribution < -0.4 is 0 Å². The minimum Gasteiger partial charge on any atom is -0.410 e. The van der Waals surface area contributed by atoms with Crippen molar-refractivity contribution in [1.82, 2.24) is 0 Å². The van der Waals surface area contributed by atoms with Crippen LogP contribution in [0.15, 0.2) is 35.5 Å². The lowest BCUT2D eigenvalue weighted by molar-refractivity contribution is -0.0601. The highest BCUT2D eigenvalue weighted by Gasteiger charge is 2.37. The van der Waals surface area contributed by atoms with Crippen LogP contribution in [0.4, 0.5) is 13.2 Å². The van der Waals surface area contributed by atoms with Gasteiger partial charge in [-0.05, 0) is 0 Å². The molecule has 0 unspecified atom stereocenters. The highest BCUT2D eigenvalue weighted by molar-refractivity contribution is 6.04. The Bertz CT molecular complexity index is 305. The van der Waals surface area contributed by atoms with Crippen molar-refractivity contribution in [3.05, 3.63) is 35.9 Å². The van der Waals surface area contributed by atoms with Crippen LogP contribution in [0.3, 0.4) is 0 Å². The predicted octanol–water partition coefficient (Wildman–Crippen LogP) is 2.43. The molecule has 0 aliphatic carbocycles. The molecule has 0 aliphatic heterocycles. The van der Waals surface area contributed by atoms with Gasteiger partial charge in [-0.15, -0.1) is 0 Å². The molecule has 0 bridgehead atoms. The predicted molar refractivity (Wildman–Crippen MR) is 40.8 cm³/mol. The van der Waals surface area contributed by atoms with E-state index in [1.54, 1.807) is 6.07 Å². The number of hydrogen-bond donors (Lipinski definition) is 1. The Kier molecular flexibility index (Phi) is 2.55. The second kappa shape index (κ2) is 3.47. The van der Waals surface area contributed by atoms with Gasteiger partial charge in [0.2, 0.25) is 0 Å².